The molecule has 29 heavy (non-hydrogen) atoms. The van der Waals surface area contributed by atoms with Crippen molar-refractivity contribution in [3.63, 3.8) is 0 Å². The van der Waals surface area contributed by atoms with Crippen LogP contribution >= 0.6 is 0 Å². The summed E-state index contributed by atoms with van der Waals surface area (Å²) in [6.45, 7) is 3.31. The van der Waals surface area contributed by atoms with Gasteiger partial charge in [0, 0.05) is 6.04 Å². The molecule has 0 bridgehead atoms. The van der Waals surface area contributed by atoms with Gasteiger partial charge in [-0.3, -0.25) is 4.79 Å². The fourth-order valence-corrected chi connectivity index (χ4v) is 4.07. The van der Waals surface area contributed by atoms with Crippen LogP contribution in [0.15, 0.2) is 59.5 Å². The van der Waals surface area contributed by atoms with Crippen LogP contribution in [0.25, 0.3) is 0 Å². The van der Waals surface area contributed by atoms with Crippen LogP contribution in [0, 0.1) is 0 Å². The molecule has 7 nitrogen and oxygen atoms in total. The predicted octanol–water partition coefficient (Wildman–Crippen LogP) is 2.55. The zero-order valence-electron chi connectivity index (χ0n) is 16.3. The summed E-state index contributed by atoms with van der Waals surface area (Å²) < 4.78 is 32.4. The number of nitrogens with one attached hydrogen (secondary N) is 2. The van der Waals surface area contributed by atoms with Crippen molar-refractivity contribution in [3.05, 3.63) is 65.7 Å². The van der Waals surface area contributed by atoms with Gasteiger partial charge in [0.2, 0.25) is 10.0 Å². The number of hydrogen-bond acceptors (Lipinski definition) is 5. The first-order chi connectivity index (χ1) is 13.8. The summed E-state index contributed by atoms with van der Waals surface area (Å²) in [5, 5.41) is 2.79. The Balaban J connectivity index is 1.62. The molecule has 1 aliphatic rings. The summed E-state index contributed by atoms with van der Waals surface area (Å²) in [6, 6.07) is 14.7. The molecule has 1 amide bonds. The van der Waals surface area contributed by atoms with Gasteiger partial charge in [-0.2, -0.15) is 0 Å². The Morgan fingerprint density at radius 1 is 1.03 bits per heavy atom. The molecule has 2 N–H and O–H groups in total. The predicted molar refractivity (Wildman–Crippen MR) is 108 cm³/mol. The van der Waals surface area contributed by atoms with Crippen molar-refractivity contribution in [2.24, 2.45) is 0 Å². The maximum Gasteiger partial charge on any atom is 0.338 e. The zero-order valence-corrected chi connectivity index (χ0v) is 17.1. The van der Waals surface area contributed by atoms with E-state index in [4.69, 9.17) is 4.74 Å². The number of rotatable bonds is 8. The topological polar surface area (TPSA) is 102 Å². The quantitative estimate of drug-likeness (QED) is 0.644. The third-order valence-electron chi connectivity index (χ3n) is 4.59. The van der Waals surface area contributed by atoms with Crippen LogP contribution in [0.4, 0.5) is 0 Å². The van der Waals surface area contributed by atoms with Crippen molar-refractivity contribution >= 4 is 21.9 Å². The van der Waals surface area contributed by atoms with E-state index >= 15 is 0 Å². The highest BCUT2D eigenvalue weighted by atomic mass is 32.2. The smallest absolute Gasteiger partial charge is 0.338 e. The van der Waals surface area contributed by atoms with Crippen LogP contribution in [0.1, 0.15) is 48.7 Å². The van der Waals surface area contributed by atoms with Crippen LogP contribution in [0.5, 0.6) is 0 Å². The van der Waals surface area contributed by atoms with Crippen molar-refractivity contribution in [2.45, 2.75) is 49.8 Å². The zero-order chi connectivity index (χ0) is 21.0. The SMILES string of the molecule is CC(OC(=O)c1cccc(S(=O)(=O)NC2CC2)c1)C(=O)NC(C)c1ccccc1. The van der Waals surface area contributed by atoms with E-state index in [-0.39, 0.29) is 22.5 Å². The Hall–Kier alpha value is -2.71. The van der Waals surface area contributed by atoms with Gasteiger partial charge in [0.1, 0.15) is 0 Å². The Morgan fingerprint density at radius 2 is 1.72 bits per heavy atom. The van der Waals surface area contributed by atoms with Crippen molar-refractivity contribution in [1.82, 2.24) is 10.0 Å². The normalized spacial score (nSPS) is 15.9. The third kappa shape index (κ3) is 5.65. The van der Waals surface area contributed by atoms with E-state index in [1.807, 2.05) is 37.3 Å². The molecular weight excluding hydrogens is 392 g/mol. The number of amides is 1. The maximum absolute atomic E-state index is 12.4. The molecule has 0 spiro atoms. The van der Waals surface area contributed by atoms with Crippen molar-refractivity contribution in [1.29, 1.82) is 0 Å². The first-order valence-corrected chi connectivity index (χ1v) is 10.9. The van der Waals surface area contributed by atoms with Crippen LogP contribution < -0.4 is 10.0 Å². The highest BCUT2D eigenvalue weighted by molar-refractivity contribution is 7.89. The molecule has 8 heteroatoms. The molecule has 154 valence electrons. The minimum atomic E-state index is -3.68. The van der Waals surface area contributed by atoms with Crippen LogP contribution in [-0.2, 0) is 19.6 Å². The standard InChI is InChI=1S/C21H24N2O5S/c1-14(16-7-4-3-5-8-16)22-20(24)15(2)28-21(25)17-9-6-10-19(13-17)29(26,27)23-18-11-12-18/h3-10,13-15,18,23H,11-12H2,1-2H3,(H,22,24). The van der Waals surface area contributed by atoms with Gasteiger partial charge >= 0.3 is 5.97 Å². The minimum absolute atomic E-state index is 0.00588. The lowest BCUT2D eigenvalue weighted by Gasteiger charge is -2.18. The molecule has 3 rings (SSSR count). The van der Waals surface area contributed by atoms with E-state index in [0.29, 0.717) is 0 Å². The van der Waals surface area contributed by atoms with Gasteiger partial charge in [0.05, 0.1) is 16.5 Å². The van der Waals surface area contributed by atoms with Gasteiger partial charge in [-0.25, -0.2) is 17.9 Å². The van der Waals surface area contributed by atoms with E-state index in [1.54, 1.807) is 0 Å². The second-order valence-electron chi connectivity index (χ2n) is 7.11. The summed E-state index contributed by atoms with van der Waals surface area (Å²) in [5.74, 6) is -1.20. The number of benzene rings is 2. The highest BCUT2D eigenvalue weighted by Gasteiger charge is 2.28. The van der Waals surface area contributed by atoms with E-state index in [1.165, 1.54) is 31.2 Å². The van der Waals surface area contributed by atoms with Gasteiger partial charge < -0.3 is 10.1 Å². The van der Waals surface area contributed by atoms with E-state index in [2.05, 4.69) is 10.0 Å². The molecule has 0 saturated heterocycles. The fourth-order valence-electron chi connectivity index (χ4n) is 2.72. The lowest BCUT2D eigenvalue weighted by molar-refractivity contribution is -0.129. The molecule has 1 aliphatic carbocycles. The summed E-state index contributed by atoms with van der Waals surface area (Å²) in [5.41, 5.74) is 1.000. The monoisotopic (exact) mass is 416 g/mol. The minimum Gasteiger partial charge on any atom is -0.449 e. The number of ether oxygens (including phenoxy) is 1. The van der Waals surface area contributed by atoms with Crippen molar-refractivity contribution in [3.8, 4) is 0 Å². The Labute approximate surface area is 170 Å². The van der Waals surface area contributed by atoms with E-state index in [9.17, 15) is 18.0 Å². The first kappa shape index (κ1) is 21.0. The van der Waals surface area contributed by atoms with Gasteiger partial charge in [0.15, 0.2) is 6.10 Å². The van der Waals surface area contributed by atoms with Crippen LogP contribution in [0.2, 0.25) is 0 Å². The molecule has 0 radical (unpaired) electrons. The van der Waals surface area contributed by atoms with Gasteiger partial charge in [-0.1, -0.05) is 36.4 Å². The van der Waals surface area contributed by atoms with Crippen molar-refractivity contribution in [2.75, 3.05) is 0 Å². The Bertz CT molecular complexity index is 987. The molecule has 2 aromatic carbocycles. The molecule has 0 aromatic heterocycles. The summed E-state index contributed by atoms with van der Waals surface area (Å²) >= 11 is 0. The number of esters is 1. The summed E-state index contributed by atoms with van der Waals surface area (Å²) in [6.07, 6.45) is 0.600. The highest BCUT2D eigenvalue weighted by Crippen LogP contribution is 2.22. The lowest BCUT2D eigenvalue weighted by atomic mass is 10.1. The summed E-state index contributed by atoms with van der Waals surface area (Å²) in [7, 11) is -3.68. The molecule has 1 saturated carbocycles. The molecule has 2 atom stereocenters. The van der Waals surface area contributed by atoms with Gasteiger partial charge in [0.25, 0.3) is 5.91 Å². The second kappa shape index (κ2) is 8.75. The Morgan fingerprint density at radius 3 is 2.38 bits per heavy atom. The third-order valence-corrected chi connectivity index (χ3v) is 6.11. The number of carbonyl (C=O) groups is 2. The fraction of sp³-hybridized carbons (Fsp3) is 0.333. The summed E-state index contributed by atoms with van der Waals surface area (Å²) in [4.78, 5) is 24.8. The maximum atomic E-state index is 12.4. The molecule has 0 aliphatic heterocycles. The average molecular weight is 416 g/mol. The average Bonchev–Trinajstić information content (AvgIpc) is 3.52. The second-order valence-corrected chi connectivity index (χ2v) is 8.83. The van der Waals surface area contributed by atoms with Crippen molar-refractivity contribution < 1.29 is 22.7 Å². The molecule has 1 fully saturated rings. The molecule has 2 aromatic rings. The number of hydrogen-bond donors (Lipinski definition) is 2. The lowest BCUT2D eigenvalue weighted by Crippen LogP contribution is -2.37. The van der Waals surface area contributed by atoms with E-state index < -0.39 is 28.0 Å². The molecule has 0 heterocycles. The number of carbonyl (C=O) groups excluding carboxylic acids is 2. The molecular formula is C21H24N2O5S. The van der Waals surface area contributed by atoms with Crippen LogP contribution in [-0.4, -0.2) is 32.4 Å². The first-order valence-electron chi connectivity index (χ1n) is 9.45. The number of sulfonamides is 1. The largest absolute Gasteiger partial charge is 0.449 e. The molecule has 2 unspecified atom stereocenters. The van der Waals surface area contributed by atoms with E-state index in [0.717, 1.165) is 18.4 Å². The Kier molecular flexibility index (Phi) is 6.34. The van der Waals surface area contributed by atoms with Crippen LogP contribution in [0.3, 0.4) is 0 Å². The van der Waals surface area contributed by atoms with Gasteiger partial charge in [-0.15, -0.1) is 0 Å². The van der Waals surface area contributed by atoms with Gasteiger partial charge in [-0.05, 0) is 50.5 Å².